The highest BCUT2D eigenvalue weighted by Crippen LogP contribution is 2.22. The summed E-state index contributed by atoms with van der Waals surface area (Å²) < 4.78 is 32.3. The molecule has 0 fully saturated rings. The zero-order chi connectivity index (χ0) is 14.6. The second-order valence-electron chi connectivity index (χ2n) is 6.08. The summed E-state index contributed by atoms with van der Waals surface area (Å²) in [7, 11) is 0. The monoisotopic (exact) mass is 271 g/mol. The van der Waals surface area contributed by atoms with Gasteiger partial charge in [-0.25, -0.2) is 4.39 Å². The molecule has 0 saturated carbocycles. The van der Waals surface area contributed by atoms with Crippen LogP contribution in [0, 0.1) is 17.6 Å². The van der Waals surface area contributed by atoms with E-state index < -0.39 is 11.6 Å². The van der Waals surface area contributed by atoms with Gasteiger partial charge in [-0.1, -0.05) is 19.9 Å². The van der Waals surface area contributed by atoms with E-state index >= 15 is 0 Å². The van der Waals surface area contributed by atoms with E-state index in [4.69, 9.17) is 4.74 Å². The Kier molecular flexibility index (Phi) is 5.29. The van der Waals surface area contributed by atoms with Crippen LogP contribution in [0.3, 0.4) is 0 Å². The van der Waals surface area contributed by atoms with Gasteiger partial charge in [-0.15, -0.1) is 0 Å². The fourth-order valence-electron chi connectivity index (χ4n) is 1.56. The van der Waals surface area contributed by atoms with Crippen LogP contribution < -0.4 is 10.1 Å². The van der Waals surface area contributed by atoms with Crippen LogP contribution in [-0.2, 0) is 0 Å². The normalized spacial score (nSPS) is 13.7. The number of ether oxygens (including phenoxy) is 1. The van der Waals surface area contributed by atoms with Crippen molar-refractivity contribution in [2.45, 2.75) is 46.3 Å². The topological polar surface area (TPSA) is 21.3 Å². The Bertz CT molecular complexity index is 413. The minimum Gasteiger partial charge on any atom is -0.486 e. The summed E-state index contributed by atoms with van der Waals surface area (Å²) in [4.78, 5) is 0. The molecule has 19 heavy (non-hydrogen) atoms. The summed E-state index contributed by atoms with van der Waals surface area (Å²) in [5.41, 5.74) is -0.0447. The molecule has 1 atom stereocenters. The molecule has 2 nitrogen and oxygen atoms in total. The molecule has 0 aliphatic rings. The van der Waals surface area contributed by atoms with Crippen molar-refractivity contribution < 1.29 is 13.5 Å². The Hall–Kier alpha value is -1.16. The highest BCUT2D eigenvalue weighted by atomic mass is 19.2. The van der Waals surface area contributed by atoms with Gasteiger partial charge in [0.2, 0.25) is 5.82 Å². The Labute approximate surface area is 114 Å². The van der Waals surface area contributed by atoms with Crippen LogP contribution in [0.4, 0.5) is 8.78 Å². The number of rotatable bonds is 5. The molecule has 1 rings (SSSR count). The fraction of sp³-hybridized carbons (Fsp3) is 0.600. The van der Waals surface area contributed by atoms with Crippen LogP contribution in [0.5, 0.6) is 5.75 Å². The fourth-order valence-corrected chi connectivity index (χ4v) is 1.56. The van der Waals surface area contributed by atoms with E-state index in [2.05, 4.69) is 5.32 Å². The molecular weight excluding hydrogens is 248 g/mol. The smallest absolute Gasteiger partial charge is 0.200 e. The molecule has 1 N–H and O–H groups in total. The molecule has 4 heteroatoms. The quantitative estimate of drug-likeness (QED) is 0.880. The number of hydrogen-bond donors (Lipinski definition) is 1. The molecule has 0 radical (unpaired) electrons. The first-order chi connectivity index (χ1) is 8.70. The van der Waals surface area contributed by atoms with E-state index in [1.807, 2.05) is 34.6 Å². The minimum absolute atomic E-state index is 0.0330. The molecule has 1 unspecified atom stereocenters. The molecule has 0 saturated heterocycles. The highest BCUT2D eigenvalue weighted by molar-refractivity contribution is 5.25. The van der Waals surface area contributed by atoms with Crippen molar-refractivity contribution in [1.82, 2.24) is 5.32 Å². The van der Waals surface area contributed by atoms with Gasteiger partial charge in [-0.3, -0.25) is 0 Å². The van der Waals surface area contributed by atoms with Crippen molar-refractivity contribution in [3.8, 4) is 5.75 Å². The van der Waals surface area contributed by atoms with E-state index in [1.54, 1.807) is 0 Å². The Balaban J connectivity index is 2.76. The standard InChI is InChI=1S/C15H23F2NO/c1-10(2)13(9-18-15(3,4)5)19-12-8-6-7-11(16)14(12)17/h6-8,10,13,18H,9H2,1-5H3. The average molecular weight is 271 g/mol. The molecule has 0 aliphatic heterocycles. The molecule has 0 spiro atoms. The zero-order valence-corrected chi connectivity index (χ0v) is 12.3. The van der Waals surface area contributed by atoms with E-state index in [-0.39, 0.29) is 23.3 Å². The molecular formula is C15H23F2NO. The van der Waals surface area contributed by atoms with Crippen LogP contribution in [0.2, 0.25) is 0 Å². The van der Waals surface area contributed by atoms with Gasteiger partial charge >= 0.3 is 0 Å². The summed E-state index contributed by atoms with van der Waals surface area (Å²) in [5.74, 6) is -1.65. The minimum atomic E-state index is -0.927. The predicted octanol–water partition coefficient (Wildman–Crippen LogP) is 3.76. The van der Waals surface area contributed by atoms with Crippen molar-refractivity contribution in [2.75, 3.05) is 6.54 Å². The van der Waals surface area contributed by atoms with Crippen molar-refractivity contribution in [3.05, 3.63) is 29.8 Å². The Morgan fingerprint density at radius 3 is 2.37 bits per heavy atom. The molecule has 108 valence electrons. The summed E-state index contributed by atoms with van der Waals surface area (Å²) >= 11 is 0. The molecule has 1 aromatic carbocycles. The molecule has 0 bridgehead atoms. The van der Waals surface area contributed by atoms with Gasteiger partial charge < -0.3 is 10.1 Å². The summed E-state index contributed by atoms with van der Waals surface area (Å²) in [6.07, 6.45) is -0.212. The van der Waals surface area contributed by atoms with Gasteiger partial charge in [-0.2, -0.15) is 4.39 Å². The lowest BCUT2D eigenvalue weighted by Crippen LogP contribution is -2.44. The van der Waals surface area contributed by atoms with Crippen molar-refractivity contribution in [1.29, 1.82) is 0 Å². The maximum absolute atomic E-state index is 13.6. The first kappa shape index (κ1) is 15.9. The lowest BCUT2D eigenvalue weighted by molar-refractivity contribution is 0.133. The summed E-state index contributed by atoms with van der Waals surface area (Å²) in [5, 5.41) is 3.32. The summed E-state index contributed by atoms with van der Waals surface area (Å²) in [6.45, 7) is 10.7. The molecule has 0 aliphatic carbocycles. The van der Waals surface area contributed by atoms with Crippen LogP contribution in [-0.4, -0.2) is 18.2 Å². The van der Waals surface area contributed by atoms with E-state index in [0.29, 0.717) is 6.54 Å². The first-order valence-electron chi connectivity index (χ1n) is 6.56. The summed E-state index contributed by atoms with van der Waals surface area (Å²) in [6, 6.07) is 3.98. The lowest BCUT2D eigenvalue weighted by atomic mass is 10.0. The van der Waals surface area contributed by atoms with Gasteiger partial charge in [0.25, 0.3) is 0 Å². The first-order valence-corrected chi connectivity index (χ1v) is 6.56. The third-order valence-electron chi connectivity index (χ3n) is 2.77. The van der Waals surface area contributed by atoms with Gasteiger partial charge in [0.1, 0.15) is 6.10 Å². The average Bonchev–Trinajstić information content (AvgIpc) is 2.28. The highest BCUT2D eigenvalue weighted by Gasteiger charge is 2.20. The van der Waals surface area contributed by atoms with Crippen LogP contribution in [0.25, 0.3) is 0 Å². The van der Waals surface area contributed by atoms with E-state index in [1.165, 1.54) is 12.1 Å². The SMILES string of the molecule is CC(C)C(CNC(C)(C)C)Oc1cccc(F)c1F. The number of halogens is 2. The van der Waals surface area contributed by atoms with E-state index in [0.717, 1.165) is 6.07 Å². The number of nitrogens with one attached hydrogen (secondary N) is 1. The third kappa shape index (κ3) is 5.15. The molecule has 1 aromatic rings. The Morgan fingerprint density at radius 1 is 1.21 bits per heavy atom. The van der Waals surface area contributed by atoms with Crippen LogP contribution in [0.1, 0.15) is 34.6 Å². The molecule has 0 aromatic heterocycles. The van der Waals surface area contributed by atoms with Crippen molar-refractivity contribution in [2.24, 2.45) is 5.92 Å². The van der Waals surface area contributed by atoms with Crippen molar-refractivity contribution >= 4 is 0 Å². The second kappa shape index (κ2) is 6.33. The Morgan fingerprint density at radius 2 is 1.84 bits per heavy atom. The van der Waals surface area contributed by atoms with Gasteiger partial charge in [-0.05, 0) is 38.8 Å². The molecule has 0 heterocycles. The van der Waals surface area contributed by atoms with Gasteiger partial charge in [0.05, 0.1) is 0 Å². The van der Waals surface area contributed by atoms with Crippen LogP contribution >= 0.6 is 0 Å². The maximum atomic E-state index is 13.6. The molecule has 0 amide bonds. The number of benzene rings is 1. The van der Waals surface area contributed by atoms with Gasteiger partial charge in [0.15, 0.2) is 11.6 Å². The van der Waals surface area contributed by atoms with Crippen molar-refractivity contribution in [3.63, 3.8) is 0 Å². The van der Waals surface area contributed by atoms with Crippen LogP contribution in [0.15, 0.2) is 18.2 Å². The van der Waals surface area contributed by atoms with Gasteiger partial charge in [0, 0.05) is 12.1 Å². The predicted molar refractivity (Wildman–Crippen MR) is 73.4 cm³/mol. The third-order valence-corrected chi connectivity index (χ3v) is 2.77. The second-order valence-corrected chi connectivity index (χ2v) is 6.08. The number of hydrogen-bond acceptors (Lipinski definition) is 2. The largest absolute Gasteiger partial charge is 0.486 e. The lowest BCUT2D eigenvalue weighted by Gasteiger charge is -2.28. The van der Waals surface area contributed by atoms with E-state index in [9.17, 15) is 8.78 Å². The zero-order valence-electron chi connectivity index (χ0n) is 12.3. The maximum Gasteiger partial charge on any atom is 0.200 e.